The van der Waals surface area contributed by atoms with Gasteiger partial charge in [-0.15, -0.1) is 0 Å². The number of carbonyl (C=O) groups is 2. The van der Waals surface area contributed by atoms with E-state index < -0.39 is 5.41 Å². The van der Waals surface area contributed by atoms with Crippen LogP contribution < -0.4 is 4.90 Å². The lowest BCUT2D eigenvalue weighted by atomic mass is 10.0. The third kappa shape index (κ3) is 2.98. The number of anilines is 1. The highest BCUT2D eigenvalue weighted by atomic mass is 16.2. The van der Waals surface area contributed by atoms with Gasteiger partial charge in [0.15, 0.2) is 0 Å². The molecule has 0 atom stereocenters. The summed E-state index contributed by atoms with van der Waals surface area (Å²) in [5.41, 5.74) is 0.0336. The molecule has 0 aromatic heterocycles. The molecule has 1 aromatic carbocycles. The minimum Gasteiger partial charge on any atom is -0.339 e. The van der Waals surface area contributed by atoms with E-state index in [9.17, 15) is 9.59 Å². The zero-order valence-electron chi connectivity index (χ0n) is 14.0. The molecule has 5 heteroatoms. The van der Waals surface area contributed by atoms with Crippen molar-refractivity contribution in [3.05, 3.63) is 30.3 Å². The number of rotatable bonds is 4. The fraction of sp³-hybridized carbons (Fsp3) is 0.556. The second kappa shape index (κ2) is 6.32. The number of para-hydroxylation sites is 1. The van der Waals surface area contributed by atoms with Crippen LogP contribution in [0.15, 0.2) is 30.3 Å². The van der Waals surface area contributed by atoms with E-state index in [-0.39, 0.29) is 11.8 Å². The largest absolute Gasteiger partial charge is 0.339 e. The number of carbonyl (C=O) groups excluding carboxylic acids is 2. The van der Waals surface area contributed by atoms with Gasteiger partial charge in [-0.1, -0.05) is 25.1 Å². The molecule has 0 N–H and O–H groups in total. The third-order valence-corrected chi connectivity index (χ3v) is 5.12. The van der Waals surface area contributed by atoms with Gasteiger partial charge >= 0.3 is 0 Å². The maximum Gasteiger partial charge on any atom is 0.242 e. The topological polar surface area (TPSA) is 43.9 Å². The molecule has 23 heavy (non-hydrogen) atoms. The Labute approximate surface area is 137 Å². The highest BCUT2D eigenvalue weighted by Gasteiger charge is 2.59. The number of likely N-dealkylation sites (N-methyl/N-ethyl adjacent to an activating group) is 1. The van der Waals surface area contributed by atoms with Gasteiger partial charge in [0, 0.05) is 38.9 Å². The minimum atomic E-state index is -0.807. The van der Waals surface area contributed by atoms with E-state index in [0.717, 1.165) is 38.4 Å². The fourth-order valence-electron chi connectivity index (χ4n) is 3.30. The highest BCUT2D eigenvalue weighted by molar-refractivity contribution is 6.13. The number of nitrogens with zero attached hydrogens (tertiary/aromatic N) is 3. The van der Waals surface area contributed by atoms with Crippen molar-refractivity contribution in [2.24, 2.45) is 5.41 Å². The van der Waals surface area contributed by atoms with Crippen LogP contribution in [-0.2, 0) is 9.59 Å². The van der Waals surface area contributed by atoms with Crippen LogP contribution in [0, 0.1) is 5.41 Å². The van der Waals surface area contributed by atoms with Gasteiger partial charge in [0.1, 0.15) is 5.41 Å². The van der Waals surface area contributed by atoms with Gasteiger partial charge in [0.25, 0.3) is 0 Å². The molecule has 1 saturated carbocycles. The Morgan fingerprint density at radius 1 is 1.09 bits per heavy atom. The Bertz CT molecular complexity index is 575. The Balaban J connectivity index is 1.69. The molecule has 1 saturated heterocycles. The molecule has 1 aliphatic heterocycles. The number of amides is 2. The summed E-state index contributed by atoms with van der Waals surface area (Å²) in [6.07, 6.45) is 1.35. The van der Waals surface area contributed by atoms with Crippen LogP contribution >= 0.6 is 0 Å². The van der Waals surface area contributed by atoms with E-state index in [1.165, 1.54) is 0 Å². The van der Waals surface area contributed by atoms with E-state index in [1.54, 1.807) is 11.9 Å². The Kier molecular flexibility index (Phi) is 4.39. The van der Waals surface area contributed by atoms with Crippen LogP contribution in [0.25, 0.3) is 0 Å². The number of piperazine rings is 1. The van der Waals surface area contributed by atoms with Crippen molar-refractivity contribution in [3.8, 4) is 0 Å². The Morgan fingerprint density at radius 2 is 1.70 bits per heavy atom. The lowest BCUT2D eigenvalue weighted by Crippen LogP contribution is -2.53. The van der Waals surface area contributed by atoms with Crippen LogP contribution in [0.1, 0.15) is 19.8 Å². The smallest absolute Gasteiger partial charge is 0.242 e. The predicted molar refractivity (Wildman–Crippen MR) is 90.2 cm³/mol. The summed E-state index contributed by atoms with van der Waals surface area (Å²) in [4.78, 5) is 31.7. The van der Waals surface area contributed by atoms with E-state index >= 15 is 0 Å². The zero-order chi connectivity index (χ0) is 16.4. The summed E-state index contributed by atoms with van der Waals surface area (Å²) in [5, 5.41) is 0. The zero-order valence-corrected chi connectivity index (χ0v) is 14.0. The van der Waals surface area contributed by atoms with Crippen molar-refractivity contribution < 1.29 is 9.59 Å². The first-order valence-electron chi connectivity index (χ1n) is 8.43. The average Bonchev–Trinajstić information content (AvgIpc) is 3.42. The van der Waals surface area contributed by atoms with Crippen LogP contribution in [0.4, 0.5) is 5.69 Å². The maximum absolute atomic E-state index is 12.9. The van der Waals surface area contributed by atoms with Crippen molar-refractivity contribution in [1.82, 2.24) is 9.80 Å². The van der Waals surface area contributed by atoms with Gasteiger partial charge in [-0.05, 0) is 31.5 Å². The molecular weight excluding hydrogens is 290 g/mol. The van der Waals surface area contributed by atoms with E-state index in [2.05, 4.69) is 11.8 Å². The normalized spacial score (nSPS) is 20.2. The van der Waals surface area contributed by atoms with Crippen molar-refractivity contribution in [2.45, 2.75) is 19.8 Å². The van der Waals surface area contributed by atoms with Gasteiger partial charge in [-0.25, -0.2) is 0 Å². The lowest BCUT2D eigenvalue weighted by Gasteiger charge is -2.36. The van der Waals surface area contributed by atoms with Gasteiger partial charge < -0.3 is 14.7 Å². The molecule has 3 rings (SSSR count). The molecule has 0 bridgehead atoms. The fourth-order valence-corrected chi connectivity index (χ4v) is 3.30. The summed E-state index contributed by atoms with van der Waals surface area (Å²) >= 11 is 0. The number of hydrogen-bond acceptors (Lipinski definition) is 3. The number of benzene rings is 1. The molecule has 2 amide bonds. The molecule has 1 heterocycles. The molecule has 1 aromatic rings. The SMILES string of the molecule is CCN1CCN(C(=O)C2(C(=O)N(C)c3ccccc3)CC2)CC1. The van der Waals surface area contributed by atoms with Crippen LogP contribution in [0.2, 0.25) is 0 Å². The van der Waals surface area contributed by atoms with Crippen LogP contribution in [0.3, 0.4) is 0 Å². The summed E-state index contributed by atoms with van der Waals surface area (Å²) in [7, 11) is 1.76. The summed E-state index contributed by atoms with van der Waals surface area (Å²) < 4.78 is 0. The van der Waals surface area contributed by atoms with E-state index in [0.29, 0.717) is 12.8 Å². The first kappa shape index (κ1) is 16.0. The van der Waals surface area contributed by atoms with Crippen LogP contribution in [0.5, 0.6) is 0 Å². The van der Waals surface area contributed by atoms with Crippen molar-refractivity contribution in [3.63, 3.8) is 0 Å². The van der Waals surface area contributed by atoms with E-state index in [4.69, 9.17) is 0 Å². The maximum atomic E-state index is 12.9. The summed E-state index contributed by atoms with van der Waals surface area (Å²) in [6.45, 7) is 6.43. The van der Waals surface area contributed by atoms with Gasteiger partial charge in [0.05, 0.1) is 0 Å². The molecular formula is C18H25N3O2. The standard InChI is InChI=1S/C18H25N3O2/c1-3-20-11-13-21(14-12-20)17(23)18(9-10-18)16(22)19(2)15-7-5-4-6-8-15/h4-8H,3,9-14H2,1-2H3. The molecule has 1 aliphatic carbocycles. The molecule has 2 aliphatic rings. The molecule has 0 spiro atoms. The first-order chi connectivity index (χ1) is 11.1. The van der Waals surface area contributed by atoms with Gasteiger partial charge in [0.2, 0.25) is 11.8 Å². The second-order valence-electron chi connectivity index (χ2n) is 6.51. The lowest BCUT2D eigenvalue weighted by molar-refractivity contribution is -0.144. The molecule has 0 unspecified atom stereocenters. The molecule has 2 fully saturated rings. The van der Waals surface area contributed by atoms with Gasteiger partial charge in [-0.3, -0.25) is 9.59 Å². The predicted octanol–water partition coefficient (Wildman–Crippen LogP) is 1.59. The Morgan fingerprint density at radius 3 is 2.22 bits per heavy atom. The molecule has 124 valence electrons. The quantitative estimate of drug-likeness (QED) is 0.793. The average molecular weight is 315 g/mol. The minimum absolute atomic E-state index is 0.0287. The third-order valence-electron chi connectivity index (χ3n) is 5.12. The van der Waals surface area contributed by atoms with Crippen molar-refractivity contribution in [1.29, 1.82) is 0 Å². The second-order valence-corrected chi connectivity index (χ2v) is 6.51. The summed E-state index contributed by atoms with van der Waals surface area (Å²) in [6, 6.07) is 9.54. The van der Waals surface area contributed by atoms with Crippen LogP contribution in [-0.4, -0.2) is 61.4 Å². The van der Waals surface area contributed by atoms with Gasteiger partial charge in [-0.2, -0.15) is 0 Å². The first-order valence-corrected chi connectivity index (χ1v) is 8.43. The highest BCUT2D eigenvalue weighted by Crippen LogP contribution is 2.49. The van der Waals surface area contributed by atoms with E-state index in [1.807, 2.05) is 35.2 Å². The number of hydrogen-bond donors (Lipinski definition) is 0. The molecule has 0 radical (unpaired) electrons. The molecule has 5 nitrogen and oxygen atoms in total. The van der Waals surface area contributed by atoms with Crippen molar-refractivity contribution in [2.75, 3.05) is 44.7 Å². The summed E-state index contributed by atoms with van der Waals surface area (Å²) in [5.74, 6) is -0.0346. The Hall–Kier alpha value is -1.88. The van der Waals surface area contributed by atoms with Crippen molar-refractivity contribution >= 4 is 17.5 Å². The monoisotopic (exact) mass is 315 g/mol.